The van der Waals surface area contributed by atoms with Crippen LogP contribution in [0, 0.1) is 6.92 Å². The third-order valence-corrected chi connectivity index (χ3v) is 5.40. The van der Waals surface area contributed by atoms with Crippen LogP contribution < -0.4 is 15.2 Å². The van der Waals surface area contributed by atoms with Crippen molar-refractivity contribution < 1.29 is 13.2 Å². The summed E-state index contributed by atoms with van der Waals surface area (Å²) in [5.74, 6) is 0.565. The maximum atomic E-state index is 12.0. The van der Waals surface area contributed by atoms with Crippen LogP contribution >= 0.6 is 11.3 Å². The lowest BCUT2D eigenvalue weighted by Gasteiger charge is -2.08. The van der Waals surface area contributed by atoms with Crippen LogP contribution in [0.5, 0.6) is 5.75 Å². The van der Waals surface area contributed by atoms with Gasteiger partial charge in [0, 0.05) is 6.54 Å². The first kappa shape index (κ1) is 14.8. The molecule has 2 aromatic rings. The average molecular weight is 313 g/mol. The molecule has 0 spiro atoms. The minimum absolute atomic E-state index is 0.160. The Hall–Kier alpha value is -1.64. The minimum Gasteiger partial charge on any atom is -0.495 e. The summed E-state index contributed by atoms with van der Waals surface area (Å²) in [5.41, 5.74) is 7.00. The number of sulfonamides is 1. The van der Waals surface area contributed by atoms with E-state index in [2.05, 4.69) is 9.71 Å². The maximum Gasteiger partial charge on any atom is 0.251 e. The second kappa shape index (κ2) is 5.78. The largest absolute Gasteiger partial charge is 0.495 e. The summed E-state index contributed by atoms with van der Waals surface area (Å²) in [5, 5.41) is 0.707. The van der Waals surface area contributed by atoms with Crippen LogP contribution in [-0.4, -0.2) is 20.5 Å². The van der Waals surface area contributed by atoms with Gasteiger partial charge < -0.3 is 10.5 Å². The molecule has 3 N–H and O–H groups in total. The molecule has 0 aliphatic heterocycles. The van der Waals surface area contributed by atoms with E-state index < -0.39 is 10.0 Å². The second-order valence-corrected chi connectivity index (χ2v) is 7.33. The van der Waals surface area contributed by atoms with Gasteiger partial charge in [-0.25, -0.2) is 18.1 Å². The lowest BCUT2D eigenvalue weighted by atomic mass is 10.2. The van der Waals surface area contributed by atoms with Crippen LogP contribution in [0.1, 0.15) is 10.6 Å². The van der Waals surface area contributed by atoms with Crippen LogP contribution in [0.15, 0.2) is 28.6 Å². The van der Waals surface area contributed by atoms with Gasteiger partial charge in [-0.2, -0.15) is 0 Å². The fourth-order valence-corrected chi connectivity index (χ4v) is 3.78. The van der Waals surface area contributed by atoms with Crippen molar-refractivity contribution in [3.05, 3.63) is 35.0 Å². The van der Waals surface area contributed by atoms with Crippen molar-refractivity contribution in [2.75, 3.05) is 12.8 Å². The van der Waals surface area contributed by atoms with Crippen LogP contribution in [0.25, 0.3) is 0 Å². The second-order valence-electron chi connectivity index (χ2n) is 4.10. The molecule has 0 bridgehead atoms. The van der Waals surface area contributed by atoms with E-state index in [4.69, 9.17) is 10.5 Å². The summed E-state index contributed by atoms with van der Waals surface area (Å²) in [6.45, 7) is 1.92. The number of methoxy groups -OCH3 is 1. The van der Waals surface area contributed by atoms with Crippen molar-refractivity contribution in [1.82, 2.24) is 9.71 Å². The van der Waals surface area contributed by atoms with Crippen molar-refractivity contribution in [2.45, 2.75) is 17.7 Å². The number of aryl methyl sites for hydroxylation is 1. The number of benzene rings is 1. The summed E-state index contributed by atoms with van der Waals surface area (Å²) in [4.78, 5) is 3.94. The SMILES string of the molecule is COc1ccc(CNS(=O)(=O)c2cnc(C)s2)cc1N. The first-order valence-corrected chi connectivity index (χ1v) is 8.07. The van der Waals surface area contributed by atoms with Gasteiger partial charge in [-0.15, -0.1) is 11.3 Å². The van der Waals surface area contributed by atoms with E-state index in [9.17, 15) is 8.42 Å². The Morgan fingerprint density at radius 2 is 2.20 bits per heavy atom. The van der Waals surface area contributed by atoms with Crippen LogP contribution in [-0.2, 0) is 16.6 Å². The van der Waals surface area contributed by atoms with Gasteiger partial charge in [0.1, 0.15) is 5.75 Å². The van der Waals surface area contributed by atoms with Crippen LogP contribution in [0.2, 0.25) is 0 Å². The van der Waals surface area contributed by atoms with Gasteiger partial charge in [-0.3, -0.25) is 0 Å². The molecule has 1 aromatic heterocycles. The van der Waals surface area contributed by atoms with Crippen molar-refractivity contribution >= 4 is 27.0 Å². The van der Waals surface area contributed by atoms with E-state index in [1.165, 1.54) is 13.3 Å². The zero-order chi connectivity index (χ0) is 14.8. The van der Waals surface area contributed by atoms with Crippen LogP contribution in [0.3, 0.4) is 0 Å². The number of nitrogens with one attached hydrogen (secondary N) is 1. The number of nitrogens with zero attached hydrogens (tertiary/aromatic N) is 1. The summed E-state index contributed by atoms with van der Waals surface area (Å²) >= 11 is 1.13. The number of thiazole rings is 1. The third-order valence-electron chi connectivity index (χ3n) is 2.63. The highest BCUT2D eigenvalue weighted by molar-refractivity contribution is 7.91. The molecule has 0 radical (unpaired) electrons. The highest BCUT2D eigenvalue weighted by Gasteiger charge is 2.16. The number of ether oxygens (including phenoxy) is 1. The number of hydrogen-bond donors (Lipinski definition) is 2. The van der Waals surface area contributed by atoms with E-state index in [0.717, 1.165) is 16.9 Å². The third kappa shape index (κ3) is 3.27. The molecular weight excluding hydrogens is 298 g/mol. The van der Waals surface area contributed by atoms with Gasteiger partial charge >= 0.3 is 0 Å². The number of aromatic nitrogens is 1. The average Bonchev–Trinajstić information content (AvgIpc) is 2.84. The van der Waals surface area contributed by atoms with Crippen molar-refractivity contribution in [3.63, 3.8) is 0 Å². The van der Waals surface area contributed by atoms with Crippen molar-refractivity contribution in [1.29, 1.82) is 0 Å². The number of hydrogen-bond acceptors (Lipinski definition) is 6. The molecule has 1 heterocycles. The Kier molecular flexibility index (Phi) is 4.26. The van der Waals surface area contributed by atoms with E-state index in [1.807, 2.05) is 0 Å². The molecule has 0 unspecified atom stereocenters. The fourth-order valence-electron chi connectivity index (χ4n) is 1.61. The predicted molar refractivity (Wildman–Crippen MR) is 78.3 cm³/mol. The van der Waals surface area contributed by atoms with Gasteiger partial charge in [-0.05, 0) is 24.6 Å². The fraction of sp³-hybridized carbons (Fsp3) is 0.250. The molecule has 8 heteroatoms. The number of anilines is 1. The maximum absolute atomic E-state index is 12.0. The molecule has 6 nitrogen and oxygen atoms in total. The Balaban J connectivity index is 2.10. The zero-order valence-electron chi connectivity index (χ0n) is 11.1. The zero-order valence-corrected chi connectivity index (χ0v) is 12.7. The minimum atomic E-state index is -3.53. The molecule has 1 aromatic carbocycles. The number of nitrogens with two attached hydrogens (primary N) is 1. The monoisotopic (exact) mass is 313 g/mol. The molecule has 20 heavy (non-hydrogen) atoms. The van der Waals surface area contributed by atoms with Gasteiger partial charge in [0.05, 0.1) is 24.0 Å². The van der Waals surface area contributed by atoms with Gasteiger partial charge in [0.25, 0.3) is 10.0 Å². The summed E-state index contributed by atoms with van der Waals surface area (Å²) < 4.78 is 31.8. The van der Waals surface area contributed by atoms with Gasteiger partial charge in [0.2, 0.25) is 0 Å². The molecule has 0 aliphatic rings. The highest BCUT2D eigenvalue weighted by atomic mass is 32.2. The molecule has 0 atom stereocenters. The lowest BCUT2D eigenvalue weighted by Crippen LogP contribution is -2.22. The van der Waals surface area contributed by atoms with Crippen LogP contribution in [0.4, 0.5) is 5.69 Å². The smallest absolute Gasteiger partial charge is 0.251 e. The molecule has 0 saturated carbocycles. The first-order valence-electron chi connectivity index (χ1n) is 5.77. The molecule has 0 fully saturated rings. The molecule has 108 valence electrons. The quantitative estimate of drug-likeness (QED) is 0.816. The number of nitrogen functional groups attached to an aromatic ring is 1. The molecule has 0 aliphatic carbocycles. The molecular formula is C12H15N3O3S2. The van der Waals surface area contributed by atoms with E-state index in [1.54, 1.807) is 25.1 Å². The van der Waals surface area contributed by atoms with Crippen molar-refractivity contribution in [2.24, 2.45) is 0 Å². The number of rotatable bonds is 5. The highest BCUT2D eigenvalue weighted by Crippen LogP contribution is 2.22. The summed E-state index contributed by atoms with van der Waals surface area (Å²) in [6, 6.07) is 5.14. The van der Waals surface area contributed by atoms with Gasteiger partial charge in [-0.1, -0.05) is 6.07 Å². The Morgan fingerprint density at radius 1 is 1.45 bits per heavy atom. The lowest BCUT2D eigenvalue weighted by molar-refractivity contribution is 0.417. The normalized spacial score (nSPS) is 11.5. The van der Waals surface area contributed by atoms with E-state index in [0.29, 0.717) is 16.4 Å². The molecule has 0 amide bonds. The molecule has 0 saturated heterocycles. The van der Waals surface area contributed by atoms with E-state index in [-0.39, 0.29) is 10.8 Å². The topological polar surface area (TPSA) is 94.3 Å². The summed E-state index contributed by atoms with van der Waals surface area (Å²) in [6.07, 6.45) is 1.35. The Bertz CT molecular complexity index is 710. The summed E-state index contributed by atoms with van der Waals surface area (Å²) in [7, 11) is -2.00. The van der Waals surface area contributed by atoms with Gasteiger partial charge in [0.15, 0.2) is 4.21 Å². The van der Waals surface area contributed by atoms with E-state index >= 15 is 0 Å². The van der Waals surface area contributed by atoms with Crippen molar-refractivity contribution in [3.8, 4) is 5.75 Å². The Labute approximate surface area is 121 Å². The standard InChI is InChI=1S/C12H15N3O3S2/c1-8-14-7-12(19-8)20(16,17)15-6-9-3-4-11(18-2)10(13)5-9/h3-5,7,15H,6,13H2,1-2H3. The predicted octanol–water partition coefficient (Wildman–Crippen LogP) is 1.52. The molecule has 2 rings (SSSR count). The first-order chi connectivity index (χ1) is 9.42. The Morgan fingerprint density at radius 3 is 2.75 bits per heavy atom.